The van der Waals surface area contributed by atoms with Crippen LogP contribution in [0.4, 0.5) is 0 Å². The van der Waals surface area contributed by atoms with Crippen molar-refractivity contribution in [2.45, 2.75) is 31.9 Å². The predicted molar refractivity (Wildman–Crippen MR) is 127 cm³/mol. The van der Waals surface area contributed by atoms with E-state index in [0.29, 0.717) is 5.57 Å². The van der Waals surface area contributed by atoms with Crippen LogP contribution in [0.25, 0.3) is 10.9 Å². The predicted octanol–water partition coefficient (Wildman–Crippen LogP) is 2.35. The molecule has 194 valence electrons. The number of hydrogen-bond acceptors (Lipinski definition) is 8. The Bertz CT molecular complexity index is 1210. The lowest BCUT2D eigenvalue weighted by molar-refractivity contribution is -0.159. The van der Waals surface area contributed by atoms with Gasteiger partial charge in [-0.25, -0.2) is 14.4 Å². The summed E-state index contributed by atoms with van der Waals surface area (Å²) in [5, 5.41) is 16.0. The monoisotopic (exact) mass is 502 g/mol. The number of carboxylic acids is 2. The molecule has 1 aromatic carbocycles. The van der Waals surface area contributed by atoms with Crippen LogP contribution in [0, 0.1) is 11.8 Å². The first kappa shape index (κ1) is 25.4. The van der Waals surface area contributed by atoms with E-state index in [1.54, 1.807) is 20.5 Å². The van der Waals surface area contributed by atoms with E-state index < -0.39 is 11.9 Å². The van der Waals surface area contributed by atoms with E-state index in [4.69, 9.17) is 38.7 Å². The molecule has 4 atom stereocenters. The van der Waals surface area contributed by atoms with Gasteiger partial charge in [-0.3, -0.25) is 4.90 Å². The number of benzene rings is 1. The minimum atomic E-state index is -1.82. The minimum absolute atomic E-state index is 0.0852. The van der Waals surface area contributed by atoms with Crippen molar-refractivity contribution < 1.29 is 43.5 Å². The van der Waals surface area contributed by atoms with Gasteiger partial charge >= 0.3 is 17.9 Å². The average Bonchev–Trinajstić information content (AvgIpc) is 3.25. The molecule has 3 N–H and O–H groups in total. The molecule has 0 unspecified atom stereocenters. The molecule has 0 spiro atoms. The standard InChI is InChI=1S/C23H28N2O5.C2H2O4/c1-12-16-10-25-6-5-13-15-8-20(27-2)21(28-3)9-18(15)24-22(13)19(25)7-14(16)17(11-30-12)23(26)29-4;3-1(4)2(5)6/h8-9,11-12,14,16,19,24H,5-7,10H2,1-4H3;(H,3,4)(H,5,6)/t12-,14+,16-,19-;/m0./s1. The van der Waals surface area contributed by atoms with Gasteiger partial charge in [0.25, 0.3) is 0 Å². The number of aromatic nitrogens is 1. The van der Waals surface area contributed by atoms with Gasteiger partial charge in [-0.2, -0.15) is 0 Å². The number of aliphatic carboxylic acids is 2. The van der Waals surface area contributed by atoms with Crippen molar-refractivity contribution in [2.75, 3.05) is 34.4 Å². The summed E-state index contributed by atoms with van der Waals surface area (Å²) in [6, 6.07) is 4.32. The molecule has 5 rings (SSSR count). The van der Waals surface area contributed by atoms with E-state index in [0.717, 1.165) is 42.9 Å². The van der Waals surface area contributed by atoms with E-state index in [1.807, 2.05) is 6.07 Å². The van der Waals surface area contributed by atoms with Crippen LogP contribution in [0.15, 0.2) is 24.0 Å². The van der Waals surface area contributed by atoms with Gasteiger partial charge in [-0.1, -0.05) is 0 Å². The van der Waals surface area contributed by atoms with Crippen molar-refractivity contribution in [2.24, 2.45) is 11.8 Å². The Morgan fingerprint density at radius 1 is 1.08 bits per heavy atom. The fourth-order valence-electron chi connectivity index (χ4n) is 5.56. The molecule has 1 fully saturated rings. The van der Waals surface area contributed by atoms with Crippen LogP contribution >= 0.6 is 0 Å². The van der Waals surface area contributed by atoms with Crippen molar-refractivity contribution in [3.63, 3.8) is 0 Å². The number of piperidine rings is 1. The summed E-state index contributed by atoms with van der Waals surface area (Å²) in [4.78, 5) is 36.8. The van der Waals surface area contributed by atoms with Gasteiger partial charge in [0.2, 0.25) is 0 Å². The van der Waals surface area contributed by atoms with E-state index >= 15 is 0 Å². The molecule has 3 aliphatic heterocycles. The van der Waals surface area contributed by atoms with Crippen LogP contribution in [-0.4, -0.2) is 78.5 Å². The first-order valence-electron chi connectivity index (χ1n) is 11.6. The van der Waals surface area contributed by atoms with Crippen molar-refractivity contribution >= 4 is 28.8 Å². The Morgan fingerprint density at radius 3 is 2.36 bits per heavy atom. The van der Waals surface area contributed by atoms with Crippen LogP contribution in [0.3, 0.4) is 0 Å². The highest BCUT2D eigenvalue weighted by atomic mass is 16.5. The molecule has 11 heteroatoms. The Morgan fingerprint density at radius 2 is 1.75 bits per heavy atom. The van der Waals surface area contributed by atoms with Crippen LogP contribution in [0.1, 0.15) is 30.6 Å². The number of hydrogen-bond donors (Lipinski definition) is 3. The minimum Gasteiger partial charge on any atom is -0.497 e. The molecule has 0 radical (unpaired) electrons. The normalized spacial score (nSPS) is 24.5. The number of carbonyl (C=O) groups excluding carboxylic acids is 1. The second kappa shape index (κ2) is 10.1. The van der Waals surface area contributed by atoms with E-state index in [2.05, 4.69) is 22.9 Å². The fourth-order valence-corrected chi connectivity index (χ4v) is 5.56. The molecule has 2 aromatic rings. The third-order valence-corrected chi connectivity index (χ3v) is 7.32. The van der Waals surface area contributed by atoms with Gasteiger partial charge in [-0.05, 0) is 31.4 Å². The summed E-state index contributed by atoms with van der Waals surface area (Å²) in [5.74, 6) is -2.06. The maximum atomic E-state index is 12.4. The Labute approximate surface area is 207 Å². The molecule has 11 nitrogen and oxygen atoms in total. The lowest BCUT2D eigenvalue weighted by Crippen LogP contribution is -2.51. The molecular weight excluding hydrogens is 472 g/mol. The Balaban J connectivity index is 0.000000455. The zero-order valence-electron chi connectivity index (χ0n) is 20.6. The highest BCUT2D eigenvalue weighted by Crippen LogP contribution is 2.48. The molecule has 1 aromatic heterocycles. The third kappa shape index (κ3) is 4.46. The highest BCUT2D eigenvalue weighted by Gasteiger charge is 2.47. The summed E-state index contributed by atoms with van der Waals surface area (Å²) in [7, 11) is 4.75. The number of H-pyrrole nitrogens is 1. The van der Waals surface area contributed by atoms with Gasteiger partial charge in [0.15, 0.2) is 11.5 Å². The summed E-state index contributed by atoms with van der Waals surface area (Å²) in [5.41, 5.74) is 4.31. The largest absolute Gasteiger partial charge is 0.497 e. The first-order valence-corrected chi connectivity index (χ1v) is 11.6. The first-order chi connectivity index (χ1) is 17.2. The van der Waals surface area contributed by atoms with Crippen molar-refractivity contribution in [3.8, 4) is 11.5 Å². The van der Waals surface area contributed by atoms with Crippen LogP contribution in [0.5, 0.6) is 11.5 Å². The van der Waals surface area contributed by atoms with Crippen LogP contribution < -0.4 is 9.47 Å². The molecule has 36 heavy (non-hydrogen) atoms. The zero-order valence-corrected chi connectivity index (χ0v) is 20.6. The molecule has 0 saturated carbocycles. The summed E-state index contributed by atoms with van der Waals surface area (Å²) in [6.45, 7) is 4.00. The molecule has 0 aliphatic carbocycles. The number of fused-ring (bicyclic) bond motifs is 6. The molecule has 4 heterocycles. The van der Waals surface area contributed by atoms with Crippen LogP contribution in [-0.2, 0) is 30.3 Å². The number of methoxy groups -OCH3 is 3. The molecule has 0 amide bonds. The smallest absolute Gasteiger partial charge is 0.414 e. The van der Waals surface area contributed by atoms with Gasteiger partial charge < -0.3 is 34.1 Å². The number of carboxylic acid groups (broad SMARTS) is 2. The number of ether oxygens (including phenoxy) is 4. The van der Waals surface area contributed by atoms with Crippen LogP contribution in [0.2, 0.25) is 0 Å². The summed E-state index contributed by atoms with van der Waals surface area (Å²) < 4.78 is 21.9. The Kier molecular flexibility index (Phi) is 7.11. The molecule has 1 saturated heterocycles. The van der Waals surface area contributed by atoms with E-state index in [9.17, 15) is 4.79 Å². The zero-order chi connectivity index (χ0) is 26.1. The van der Waals surface area contributed by atoms with E-state index in [1.165, 1.54) is 23.8 Å². The summed E-state index contributed by atoms with van der Waals surface area (Å²) >= 11 is 0. The molecule has 3 aliphatic rings. The molecular formula is C25H30N2O9. The highest BCUT2D eigenvalue weighted by molar-refractivity contribution is 6.27. The van der Waals surface area contributed by atoms with Gasteiger partial charge in [0.05, 0.1) is 45.3 Å². The number of nitrogens with one attached hydrogen (secondary N) is 1. The van der Waals surface area contributed by atoms with Gasteiger partial charge in [0.1, 0.15) is 0 Å². The van der Waals surface area contributed by atoms with E-state index in [-0.39, 0.29) is 30.0 Å². The quantitative estimate of drug-likeness (QED) is 0.422. The lowest BCUT2D eigenvalue weighted by atomic mass is 9.72. The second-order valence-corrected chi connectivity index (χ2v) is 9.05. The third-order valence-electron chi connectivity index (χ3n) is 7.32. The fraction of sp³-hybridized carbons (Fsp3) is 0.480. The SMILES string of the molecule is COC(=O)C1=CO[C@@H](C)[C@@H]2CN3CCc4c([nH]c5cc(OC)c(OC)cc45)[C@@H]3C[C@@H]12.O=C(O)C(=O)O. The lowest BCUT2D eigenvalue weighted by Gasteiger charge is -2.49. The van der Waals surface area contributed by atoms with Crippen molar-refractivity contribution in [1.82, 2.24) is 9.88 Å². The maximum Gasteiger partial charge on any atom is 0.414 e. The maximum absolute atomic E-state index is 12.4. The van der Waals surface area contributed by atoms with Gasteiger partial charge in [-0.15, -0.1) is 0 Å². The molecule has 0 bridgehead atoms. The second-order valence-electron chi connectivity index (χ2n) is 9.05. The number of carbonyl (C=O) groups is 3. The number of esters is 1. The topological polar surface area (TPSA) is 148 Å². The van der Waals surface area contributed by atoms with Crippen molar-refractivity contribution in [3.05, 3.63) is 35.2 Å². The number of nitrogens with zero attached hydrogens (tertiary/aromatic N) is 1. The summed E-state index contributed by atoms with van der Waals surface area (Å²) in [6.07, 6.45) is 3.56. The average molecular weight is 503 g/mol. The van der Waals surface area contributed by atoms with Crippen molar-refractivity contribution in [1.29, 1.82) is 0 Å². The number of rotatable bonds is 3. The number of aromatic amines is 1. The Hall–Kier alpha value is -3.73. The van der Waals surface area contributed by atoms with Gasteiger partial charge in [0, 0.05) is 47.6 Å².